The maximum absolute atomic E-state index is 13.4. The van der Waals surface area contributed by atoms with Crippen molar-refractivity contribution in [3.8, 4) is 0 Å². The van der Waals surface area contributed by atoms with E-state index in [1.54, 1.807) is 29.3 Å². The highest BCUT2D eigenvalue weighted by Crippen LogP contribution is 2.35. The Kier molecular flexibility index (Phi) is 7.02. The number of hydrogen-bond donors (Lipinski definition) is 1. The van der Waals surface area contributed by atoms with E-state index in [-0.39, 0.29) is 21.0 Å². The van der Waals surface area contributed by atoms with Crippen molar-refractivity contribution in [2.45, 2.75) is 23.2 Å². The van der Waals surface area contributed by atoms with Gasteiger partial charge in [0.05, 0.1) is 0 Å². The van der Waals surface area contributed by atoms with Gasteiger partial charge in [0.25, 0.3) is 5.91 Å². The largest absolute Gasteiger partial charge is 0.381 e. The van der Waals surface area contributed by atoms with Crippen molar-refractivity contribution >= 4 is 39.0 Å². The number of sulfonamides is 1. The average Bonchev–Trinajstić information content (AvgIpc) is 3.30. The van der Waals surface area contributed by atoms with Crippen molar-refractivity contribution in [1.29, 1.82) is 0 Å². The van der Waals surface area contributed by atoms with Crippen LogP contribution in [0.5, 0.6) is 0 Å². The third-order valence-corrected chi connectivity index (χ3v) is 9.84. The molecule has 2 aromatic rings. The van der Waals surface area contributed by atoms with E-state index in [1.807, 2.05) is 0 Å². The molecule has 1 aromatic heterocycles. The lowest BCUT2D eigenvalue weighted by Gasteiger charge is -2.38. The van der Waals surface area contributed by atoms with Crippen LogP contribution in [0, 0.1) is 5.82 Å². The molecule has 10 heteroatoms. The molecule has 1 aromatic carbocycles. The number of rotatable bonds is 6. The van der Waals surface area contributed by atoms with Gasteiger partial charge in [-0.3, -0.25) is 4.79 Å². The number of ether oxygens (including phenoxy) is 1. The Hall–Kier alpha value is -1.46. The van der Waals surface area contributed by atoms with E-state index in [0.717, 1.165) is 28.4 Å². The molecule has 6 nitrogen and oxygen atoms in total. The molecule has 0 bridgehead atoms. The molecule has 0 radical (unpaired) electrons. The van der Waals surface area contributed by atoms with Gasteiger partial charge in [-0.2, -0.15) is 16.1 Å². The number of thiophene rings is 1. The Morgan fingerprint density at radius 1 is 1.13 bits per heavy atom. The highest BCUT2D eigenvalue weighted by atomic mass is 32.2. The Morgan fingerprint density at radius 2 is 1.81 bits per heavy atom. The first-order valence-corrected chi connectivity index (χ1v) is 13.7. The first kappa shape index (κ1) is 22.7. The number of nitrogens with one attached hydrogen (secondary N) is 1. The van der Waals surface area contributed by atoms with Crippen LogP contribution in [-0.2, 0) is 20.2 Å². The molecule has 0 atom stereocenters. The zero-order chi connectivity index (χ0) is 21.9. The van der Waals surface area contributed by atoms with E-state index in [9.17, 15) is 17.6 Å². The lowest BCUT2D eigenvalue weighted by atomic mass is 9.74. The number of nitrogens with zero attached hydrogens (tertiary/aromatic N) is 1. The molecule has 0 aliphatic carbocycles. The second kappa shape index (κ2) is 9.58. The molecule has 0 spiro atoms. The fourth-order valence-electron chi connectivity index (χ4n) is 4.06. The SMILES string of the molecule is O=C(NCC1(c2ccc(F)cc2)CCOCC1)c1sccc1S(=O)(=O)N1CCSCC1. The minimum absolute atomic E-state index is 0.0738. The average molecular weight is 485 g/mol. The summed E-state index contributed by atoms with van der Waals surface area (Å²) in [6, 6.07) is 7.87. The zero-order valence-electron chi connectivity index (χ0n) is 17.0. The number of amides is 1. The third-order valence-electron chi connectivity index (χ3n) is 5.92. The van der Waals surface area contributed by atoms with Crippen molar-refractivity contribution in [3.63, 3.8) is 0 Å². The highest BCUT2D eigenvalue weighted by Gasteiger charge is 2.36. The molecule has 2 aliphatic heterocycles. The molecule has 2 fully saturated rings. The van der Waals surface area contributed by atoms with Crippen molar-refractivity contribution in [2.75, 3.05) is 44.4 Å². The quantitative estimate of drug-likeness (QED) is 0.682. The summed E-state index contributed by atoms with van der Waals surface area (Å²) in [6.45, 7) is 2.35. The van der Waals surface area contributed by atoms with Gasteiger partial charge in [0.1, 0.15) is 15.6 Å². The Morgan fingerprint density at radius 3 is 2.48 bits per heavy atom. The third kappa shape index (κ3) is 4.83. The molecule has 3 heterocycles. The van der Waals surface area contributed by atoms with Crippen LogP contribution < -0.4 is 5.32 Å². The van der Waals surface area contributed by atoms with E-state index < -0.39 is 15.9 Å². The summed E-state index contributed by atoms with van der Waals surface area (Å²) in [5.41, 5.74) is 0.574. The Bertz CT molecular complexity index is 1010. The molecule has 0 unspecified atom stereocenters. The number of hydrogen-bond acceptors (Lipinski definition) is 6. The number of benzene rings is 1. The summed E-state index contributed by atoms with van der Waals surface area (Å²) in [6.07, 6.45) is 1.39. The van der Waals surface area contributed by atoms with Crippen molar-refractivity contribution in [3.05, 3.63) is 52.0 Å². The van der Waals surface area contributed by atoms with Crippen LogP contribution in [0.3, 0.4) is 0 Å². The van der Waals surface area contributed by atoms with Gasteiger partial charge in [-0.1, -0.05) is 12.1 Å². The predicted octanol–water partition coefficient (Wildman–Crippen LogP) is 3.10. The summed E-state index contributed by atoms with van der Waals surface area (Å²) in [4.78, 5) is 13.3. The maximum Gasteiger partial charge on any atom is 0.262 e. The summed E-state index contributed by atoms with van der Waals surface area (Å²) in [5, 5.41) is 4.60. The lowest BCUT2D eigenvalue weighted by molar-refractivity contribution is 0.0487. The Labute approximate surface area is 190 Å². The molecule has 1 N–H and O–H groups in total. The van der Waals surface area contributed by atoms with Gasteiger partial charge in [0.15, 0.2) is 0 Å². The maximum atomic E-state index is 13.4. The predicted molar refractivity (Wildman–Crippen MR) is 121 cm³/mol. The van der Waals surface area contributed by atoms with Crippen LogP contribution in [-0.4, -0.2) is 63.0 Å². The Balaban J connectivity index is 1.53. The van der Waals surface area contributed by atoms with Crippen molar-refractivity contribution in [2.24, 2.45) is 0 Å². The van der Waals surface area contributed by atoms with E-state index in [2.05, 4.69) is 5.32 Å². The monoisotopic (exact) mass is 484 g/mol. The fourth-order valence-corrected chi connectivity index (χ4v) is 7.95. The van der Waals surface area contributed by atoms with Crippen molar-refractivity contribution in [1.82, 2.24) is 9.62 Å². The first-order valence-electron chi connectivity index (χ1n) is 10.2. The van der Waals surface area contributed by atoms with Crippen LogP contribution in [0.4, 0.5) is 4.39 Å². The van der Waals surface area contributed by atoms with Crippen LogP contribution in [0.25, 0.3) is 0 Å². The van der Waals surface area contributed by atoms with Crippen LogP contribution in [0.1, 0.15) is 28.1 Å². The summed E-state index contributed by atoms with van der Waals surface area (Å²) < 4.78 is 46.6. The summed E-state index contributed by atoms with van der Waals surface area (Å²) in [7, 11) is -3.70. The molecule has 2 saturated heterocycles. The molecule has 1 amide bonds. The van der Waals surface area contributed by atoms with Crippen molar-refractivity contribution < 1.29 is 22.3 Å². The molecule has 2 aliphatic rings. The standard InChI is InChI=1S/C21H25FN2O4S3/c22-17-3-1-16(2-4-17)21(6-10-28-11-7-21)15-23-20(25)19-18(5-12-30-19)31(26,27)24-8-13-29-14-9-24/h1-5,12H,6-11,13-15H2,(H,23,25). The van der Waals surface area contributed by atoms with Gasteiger partial charge in [0, 0.05) is 49.8 Å². The number of halogens is 1. The molecule has 168 valence electrons. The molecular formula is C21H25FN2O4S3. The minimum Gasteiger partial charge on any atom is -0.381 e. The van der Waals surface area contributed by atoms with E-state index in [1.165, 1.54) is 22.5 Å². The highest BCUT2D eigenvalue weighted by molar-refractivity contribution is 7.99. The number of carbonyl (C=O) groups excluding carboxylic acids is 1. The number of thioether (sulfide) groups is 1. The molecular weight excluding hydrogens is 459 g/mol. The summed E-state index contributed by atoms with van der Waals surface area (Å²) in [5.74, 6) is 0.813. The van der Waals surface area contributed by atoms with Crippen LogP contribution >= 0.6 is 23.1 Å². The topological polar surface area (TPSA) is 75.7 Å². The number of carbonyl (C=O) groups is 1. The second-order valence-electron chi connectivity index (χ2n) is 7.71. The molecule has 31 heavy (non-hydrogen) atoms. The lowest BCUT2D eigenvalue weighted by Crippen LogP contribution is -2.45. The van der Waals surface area contributed by atoms with Gasteiger partial charge in [-0.15, -0.1) is 11.3 Å². The van der Waals surface area contributed by atoms with Gasteiger partial charge < -0.3 is 10.1 Å². The minimum atomic E-state index is -3.70. The second-order valence-corrected chi connectivity index (χ2v) is 11.8. The van der Waals surface area contributed by atoms with E-state index in [4.69, 9.17) is 4.74 Å². The first-order chi connectivity index (χ1) is 14.9. The smallest absolute Gasteiger partial charge is 0.262 e. The van der Waals surface area contributed by atoms with Gasteiger partial charge in [-0.25, -0.2) is 12.8 Å². The van der Waals surface area contributed by atoms with Gasteiger partial charge in [0.2, 0.25) is 10.0 Å². The van der Waals surface area contributed by atoms with E-state index in [0.29, 0.717) is 45.7 Å². The summed E-state index contributed by atoms with van der Waals surface area (Å²) >= 11 is 2.86. The zero-order valence-corrected chi connectivity index (χ0v) is 19.5. The van der Waals surface area contributed by atoms with E-state index >= 15 is 0 Å². The van der Waals surface area contributed by atoms with Crippen LogP contribution in [0.2, 0.25) is 0 Å². The normalized spacial score (nSPS) is 19.8. The molecule has 4 rings (SSSR count). The van der Waals surface area contributed by atoms with Crippen LogP contribution in [0.15, 0.2) is 40.6 Å². The van der Waals surface area contributed by atoms with Gasteiger partial charge in [-0.05, 0) is 42.0 Å². The molecule has 0 saturated carbocycles. The fraction of sp³-hybridized carbons (Fsp3) is 0.476. The van der Waals surface area contributed by atoms with Gasteiger partial charge >= 0.3 is 0 Å².